The Labute approximate surface area is 95.0 Å². The van der Waals surface area contributed by atoms with Gasteiger partial charge in [0.25, 0.3) is 0 Å². The van der Waals surface area contributed by atoms with Crippen LogP contribution in [0.5, 0.6) is 0 Å². The first kappa shape index (κ1) is 11.4. The third-order valence-corrected chi connectivity index (χ3v) is 3.70. The van der Waals surface area contributed by atoms with Crippen LogP contribution in [0.25, 0.3) is 0 Å². The van der Waals surface area contributed by atoms with Crippen LogP contribution < -0.4 is 0 Å². The molecule has 2 aliphatic rings. The van der Waals surface area contributed by atoms with E-state index in [0.29, 0.717) is 6.04 Å². The van der Waals surface area contributed by atoms with Gasteiger partial charge in [-0.15, -0.1) is 0 Å². The van der Waals surface area contributed by atoms with Gasteiger partial charge < -0.3 is 10.0 Å². The summed E-state index contributed by atoms with van der Waals surface area (Å²) >= 11 is 0. The molecule has 90 valence electrons. The van der Waals surface area contributed by atoms with Crippen molar-refractivity contribution in [2.45, 2.75) is 37.8 Å². The number of likely N-dealkylation sites (tertiary alicyclic amines) is 2. The maximum Gasteiger partial charge on any atom is 0.320 e. The summed E-state index contributed by atoms with van der Waals surface area (Å²) in [5.41, 5.74) is 0. The van der Waals surface area contributed by atoms with Crippen molar-refractivity contribution in [2.75, 3.05) is 19.6 Å². The predicted molar refractivity (Wildman–Crippen MR) is 58.0 cm³/mol. The minimum Gasteiger partial charge on any atom is -0.480 e. The SMILES string of the molecule is O=CN1CCC(N2CCCC2C(=O)O)CC1. The number of carbonyl (C=O) groups is 2. The van der Waals surface area contributed by atoms with Gasteiger partial charge >= 0.3 is 5.97 Å². The molecule has 2 saturated heterocycles. The van der Waals surface area contributed by atoms with Crippen molar-refractivity contribution < 1.29 is 14.7 Å². The van der Waals surface area contributed by atoms with Gasteiger partial charge in [0.05, 0.1) is 0 Å². The maximum atomic E-state index is 11.1. The van der Waals surface area contributed by atoms with E-state index in [1.807, 2.05) is 0 Å². The van der Waals surface area contributed by atoms with Gasteiger partial charge in [-0.05, 0) is 32.2 Å². The number of hydrogen-bond donors (Lipinski definition) is 1. The number of amides is 1. The molecule has 0 aliphatic carbocycles. The van der Waals surface area contributed by atoms with Crippen LogP contribution in [-0.4, -0.2) is 59.0 Å². The van der Waals surface area contributed by atoms with Gasteiger partial charge in [-0.3, -0.25) is 14.5 Å². The summed E-state index contributed by atoms with van der Waals surface area (Å²) in [6, 6.07) is 0.0487. The average molecular weight is 226 g/mol. The molecule has 1 unspecified atom stereocenters. The molecular weight excluding hydrogens is 208 g/mol. The molecule has 0 saturated carbocycles. The van der Waals surface area contributed by atoms with E-state index in [-0.39, 0.29) is 6.04 Å². The number of nitrogens with zero attached hydrogens (tertiary/aromatic N) is 2. The van der Waals surface area contributed by atoms with Gasteiger partial charge in [0.2, 0.25) is 6.41 Å². The van der Waals surface area contributed by atoms with Crippen molar-refractivity contribution >= 4 is 12.4 Å². The van der Waals surface area contributed by atoms with Crippen molar-refractivity contribution in [3.05, 3.63) is 0 Å². The molecule has 1 N–H and O–H groups in total. The summed E-state index contributed by atoms with van der Waals surface area (Å²) in [6.07, 6.45) is 4.44. The average Bonchev–Trinajstić information content (AvgIpc) is 2.78. The largest absolute Gasteiger partial charge is 0.480 e. The topological polar surface area (TPSA) is 60.9 Å². The van der Waals surface area contributed by atoms with E-state index in [2.05, 4.69) is 4.90 Å². The second-order valence-electron chi connectivity index (χ2n) is 4.61. The van der Waals surface area contributed by atoms with Crippen LogP contribution in [0.3, 0.4) is 0 Å². The predicted octanol–water partition coefficient (Wildman–Crippen LogP) is 0.156. The minimum absolute atomic E-state index is 0.298. The Balaban J connectivity index is 1.93. The lowest BCUT2D eigenvalue weighted by Gasteiger charge is -2.37. The van der Waals surface area contributed by atoms with Crippen molar-refractivity contribution in [2.24, 2.45) is 0 Å². The van der Waals surface area contributed by atoms with Gasteiger partial charge in [0.1, 0.15) is 6.04 Å². The van der Waals surface area contributed by atoms with Crippen LogP contribution in [0.2, 0.25) is 0 Å². The van der Waals surface area contributed by atoms with Gasteiger partial charge in [0.15, 0.2) is 0 Å². The number of aliphatic carboxylic acids is 1. The maximum absolute atomic E-state index is 11.1. The molecule has 0 bridgehead atoms. The molecule has 5 nitrogen and oxygen atoms in total. The molecule has 1 amide bonds. The zero-order chi connectivity index (χ0) is 11.5. The van der Waals surface area contributed by atoms with Crippen LogP contribution in [0, 0.1) is 0 Å². The first-order chi connectivity index (χ1) is 7.72. The standard InChI is InChI=1S/C11H18N2O3/c14-8-12-6-3-9(4-7-12)13-5-1-2-10(13)11(15)16/h8-10H,1-7H2,(H,15,16). The van der Waals surface area contributed by atoms with Crippen molar-refractivity contribution in [1.29, 1.82) is 0 Å². The molecule has 0 aromatic carbocycles. The summed E-state index contributed by atoms with van der Waals surface area (Å²) < 4.78 is 0. The first-order valence-corrected chi connectivity index (χ1v) is 5.90. The number of carboxylic acids is 1. The highest BCUT2D eigenvalue weighted by molar-refractivity contribution is 5.73. The molecule has 2 aliphatic heterocycles. The smallest absolute Gasteiger partial charge is 0.320 e. The molecule has 5 heteroatoms. The van der Waals surface area contributed by atoms with Crippen LogP contribution in [0.4, 0.5) is 0 Å². The van der Waals surface area contributed by atoms with Crippen molar-refractivity contribution in [1.82, 2.24) is 9.80 Å². The molecule has 2 fully saturated rings. The molecule has 1 atom stereocenters. The Hall–Kier alpha value is -1.10. The fourth-order valence-corrected chi connectivity index (χ4v) is 2.81. The van der Waals surface area contributed by atoms with E-state index in [1.54, 1.807) is 4.90 Å². The summed E-state index contributed by atoms with van der Waals surface area (Å²) in [4.78, 5) is 25.5. The number of carboxylic acid groups (broad SMARTS) is 1. The highest BCUT2D eigenvalue weighted by atomic mass is 16.4. The van der Waals surface area contributed by atoms with E-state index < -0.39 is 5.97 Å². The normalized spacial score (nSPS) is 28.2. The van der Waals surface area contributed by atoms with Crippen molar-refractivity contribution in [3.8, 4) is 0 Å². The van der Waals surface area contributed by atoms with Crippen molar-refractivity contribution in [3.63, 3.8) is 0 Å². The summed E-state index contributed by atoms with van der Waals surface area (Å²) in [5, 5.41) is 9.10. The van der Waals surface area contributed by atoms with Gasteiger partial charge in [-0.1, -0.05) is 0 Å². The molecule has 0 aromatic heterocycles. The Morgan fingerprint density at radius 3 is 2.44 bits per heavy atom. The summed E-state index contributed by atoms with van der Waals surface area (Å²) in [5.74, 6) is -0.699. The van der Waals surface area contributed by atoms with E-state index in [1.165, 1.54) is 0 Å². The zero-order valence-corrected chi connectivity index (χ0v) is 9.34. The van der Waals surface area contributed by atoms with Crippen LogP contribution >= 0.6 is 0 Å². The molecular formula is C11H18N2O3. The zero-order valence-electron chi connectivity index (χ0n) is 9.34. The highest BCUT2D eigenvalue weighted by Gasteiger charge is 2.36. The lowest BCUT2D eigenvalue weighted by molar-refractivity contribution is -0.143. The van der Waals surface area contributed by atoms with E-state index >= 15 is 0 Å². The minimum atomic E-state index is -0.699. The number of hydrogen-bond acceptors (Lipinski definition) is 3. The van der Waals surface area contributed by atoms with Crippen LogP contribution in [0.1, 0.15) is 25.7 Å². The number of piperidine rings is 1. The van der Waals surface area contributed by atoms with E-state index in [0.717, 1.165) is 51.7 Å². The monoisotopic (exact) mass is 226 g/mol. The van der Waals surface area contributed by atoms with Crippen LogP contribution in [-0.2, 0) is 9.59 Å². The third kappa shape index (κ3) is 2.19. The fourth-order valence-electron chi connectivity index (χ4n) is 2.81. The van der Waals surface area contributed by atoms with Gasteiger partial charge in [-0.2, -0.15) is 0 Å². The van der Waals surface area contributed by atoms with Gasteiger partial charge in [0, 0.05) is 19.1 Å². The third-order valence-electron chi connectivity index (χ3n) is 3.70. The van der Waals surface area contributed by atoms with Gasteiger partial charge in [-0.25, -0.2) is 0 Å². The van der Waals surface area contributed by atoms with E-state index in [4.69, 9.17) is 5.11 Å². The lowest BCUT2D eigenvalue weighted by Crippen LogP contribution is -2.48. The Morgan fingerprint density at radius 1 is 1.19 bits per heavy atom. The van der Waals surface area contributed by atoms with Crippen LogP contribution in [0.15, 0.2) is 0 Å². The summed E-state index contributed by atoms with van der Waals surface area (Å²) in [6.45, 7) is 2.41. The first-order valence-electron chi connectivity index (χ1n) is 5.90. The molecule has 0 spiro atoms. The number of rotatable bonds is 3. The molecule has 16 heavy (non-hydrogen) atoms. The quantitative estimate of drug-likeness (QED) is 0.696. The molecule has 2 heterocycles. The Bertz CT molecular complexity index is 274. The second-order valence-corrected chi connectivity index (χ2v) is 4.61. The fraction of sp³-hybridized carbons (Fsp3) is 0.818. The molecule has 2 rings (SSSR count). The lowest BCUT2D eigenvalue weighted by atomic mass is 10.0. The molecule has 0 aromatic rings. The highest BCUT2D eigenvalue weighted by Crippen LogP contribution is 2.25. The Morgan fingerprint density at radius 2 is 1.88 bits per heavy atom. The Kier molecular flexibility index (Phi) is 3.43. The van der Waals surface area contributed by atoms with E-state index in [9.17, 15) is 9.59 Å². The molecule has 0 radical (unpaired) electrons. The number of carbonyl (C=O) groups excluding carboxylic acids is 1. The second kappa shape index (κ2) is 4.82. The summed E-state index contributed by atoms with van der Waals surface area (Å²) in [7, 11) is 0.